The molecule has 2 aromatic rings. The second kappa shape index (κ2) is 8.72. The lowest BCUT2D eigenvalue weighted by Crippen LogP contribution is -2.32. The third kappa shape index (κ3) is 5.10. The van der Waals surface area contributed by atoms with E-state index in [1.807, 2.05) is 31.2 Å². The van der Waals surface area contributed by atoms with Gasteiger partial charge in [0, 0.05) is 23.2 Å². The summed E-state index contributed by atoms with van der Waals surface area (Å²) in [5.41, 5.74) is 3.44. The molecule has 0 bridgehead atoms. The van der Waals surface area contributed by atoms with Crippen LogP contribution in [-0.4, -0.2) is 19.0 Å². The Kier molecular flexibility index (Phi) is 6.36. The summed E-state index contributed by atoms with van der Waals surface area (Å²) in [6.07, 6.45) is 2.93. The van der Waals surface area contributed by atoms with Gasteiger partial charge in [-0.05, 0) is 61.1 Å². The number of hydrogen-bond acceptors (Lipinski definition) is 2. The molecule has 0 spiro atoms. The molecule has 2 aromatic carbocycles. The zero-order valence-electron chi connectivity index (χ0n) is 15.5. The average molecular weight is 415 g/mol. The summed E-state index contributed by atoms with van der Waals surface area (Å²) in [7, 11) is 0. The molecule has 0 aromatic heterocycles. The Morgan fingerprint density at radius 2 is 1.88 bits per heavy atom. The van der Waals surface area contributed by atoms with E-state index in [-0.39, 0.29) is 11.9 Å². The van der Waals surface area contributed by atoms with Gasteiger partial charge in [-0.15, -0.1) is 0 Å². The maximum Gasteiger partial charge on any atom is 0.224 e. The minimum atomic E-state index is 0.00470. The number of amides is 1. The molecule has 1 fully saturated rings. The van der Waals surface area contributed by atoms with Crippen molar-refractivity contribution in [3.63, 3.8) is 0 Å². The Morgan fingerprint density at radius 3 is 2.54 bits per heavy atom. The van der Waals surface area contributed by atoms with Crippen LogP contribution >= 0.6 is 15.9 Å². The molecule has 1 atom stereocenters. The summed E-state index contributed by atoms with van der Waals surface area (Å²) in [5.74, 6) is 0.885. The van der Waals surface area contributed by atoms with Gasteiger partial charge in [0.05, 0.1) is 12.5 Å². The fourth-order valence-corrected chi connectivity index (χ4v) is 3.90. The number of nitrogens with one attached hydrogen (secondary N) is 1. The van der Waals surface area contributed by atoms with Crippen molar-refractivity contribution in [1.82, 2.24) is 5.32 Å². The topological polar surface area (TPSA) is 32.3 Å². The molecular formula is C22H27BrN2O. The molecule has 1 N–H and O–H groups in total. The van der Waals surface area contributed by atoms with E-state index in [4.69, 9.17) is 0 Å². The molecule has 3 nitrogen and oxygen atoms in total. The first kappa shape index (κ1) is 19.0. The van der Waals surface area contributed by atoms with Crippen molar-refractivity contribution in [3.8, 4) is 0 Å². The summed E-state index contributed by atoms with van der Waals surface area (Å²) in [6, 6.07) is 16.5. The lowest BCUT2D eigenvalue weighted by atomic mass is 9.98. The number of rotatable bonds is 5. The number of hydrogen-bond donors (Lipinski definition) is 1. The number of halogens is 1. The van der Waals surface area contributed by atoms with E-state index < -0.39 is 0 Å². The van der Waals surface area contributed by atoms with Crippen LogP contribution in [0.3, 0.4) is 0 Å². The van der Waals surface area contributed by atoms with Crippen molar-refractivity contribution in [1.29, 1.82) is 0 Å². The van der Waals surface area contributed by atoms with E-state index in [9.17, 15) is 4.79 Å². The van der Waals surface area contributed by atoms with Crippen LogP contribution in [0.1, 0.15) is 43.9 Å². The monoisotopic (exact) mass is 414 g/mol. The van der Waals surface area contributed by atoms with E-state index >= 15 is 0 Å². The van der Waals surface area contributed by atoms with Crippen molar-refractivity contribution in [3.05, 3.63) is 64.1 Å². The summed E-state index contributed by atoms with van der Waals surface area (Å²) in [4.78, 5) is 14.8. The highest BCUT2D eigenvalue weighted by molar-refractivity contribution is 9.10. The lowest BCUT2D eigenvalue weighted by Gasteiger charge is -2.32. The van der Waals surface area contributed by atoms with Crippen LogP contribution in [0.25, 0.3) is 0 Å². The van der Waals surface area contributed by atoms with Crippen molar-refractivity contribution in [2.24, 2.45) is 5.92 Å². The number of carbonyl (C=O) groups is 1. The predicted molar refractivity (Wildman–Crippen MR) is 111 cm³/mol. The molecular weight excluding hydrogens is 388 g/mol. The first-order valence-corrected chi connectivity index (χ1v) is 10.2. The Morgan fingerprint density at radius 1 is 1.19 bits per heavy atom. The third-order valence-corrected chi connectivity index (χ3v) is 5.67. The minimum Gasteiger partial charge on any atom is -0.372 e. The van der Waals surface area contributed by atoms with Gasteiger partial charge in [-0.25, -0.2) is 0 Å². The second-order valence-corrected chi connectivity index (χ2v) is 8.27. The van der Waals surface area contributed by atoms with Gasteiger partial charge < -0.3 is 10.2 Å². The maximum absolute atomic E-state index is 12.3. The molecule has 138 valence electrons. The van der Waals surface area contributed by atoms with Gasteiger partial charge in [0.1, 0.15) is 0 Å². The maximum atomic E-state index is 12.3. The van der Waals surface area contributed by atoms with E-state index in [2.05, 4.69) is 57.3 Å². The van der Waals surface area contributed by atoms with Gasteiger partial charge in [0.25, 0.3) is 0 Å². The molecule has 4 heteroatoms. The molecule has 26 heavy (non-hydrogen) atoms. The summed E-state index contributed by atoms with van der Waals surface area (Å²) < 4.78 is 0.999. The van der Waals surface area contributed by atoms with Crippen LogP contribution in [0.5, 0.6) is 0 Å². The van der Waals surface area contributed by atoms with Gasteiger partial charge in [-0.2, -0.15) is 0 Å². The first-order valence-electron chi connectivity index (χ1n) is 9.40. The number of carbonyl (C=O) groups excluding carboxylic acids is 1. The number of piperidine rings is 1. The molecule has 0 aliphatic carbocycles. The molecule has 1 amide bonds. The third-order valence-electron chi connectivity index (χ3n) is 5.17. The summed E-state index contributed by atoms with van der Waals surface area (Å²) in [5, 5.41) is 3.10. The Balaban J connectivity index is 1.56. The van der Waals surface area contributed by atoms with Crippen LogP contribution in [0.4, 0.5) is 5.69 Å². The summed E-state index contributed by atoms with van der Waals surface area (Å²) in [6.45, 7) is 6.65. The first-order chi connectivity index (χ1) is 12.5. The smallest absolute Gasteiger partial charge is 0.224 e. The predicted octanol–water partition coefficient (Wildman–Crippen LogP) is 5.11. The zero-order valence-corrected chi connectivity index (χ0v) is 17.1. The molecule has 0 saturated carbocycles. The van der Waals surface area contributed by atoms with Crippen LogP contribution < -0.4 is 10.2 Å². The lowest BCUT2D eigenvalue weighted by molar-refractivity contribution is -0.121. The highest BCUT2D eigenvalue weighted by atomic mass is 79.9. The van der Waals surface area contributed by atoms with Gasteiger partial charge >= 0.3 is 0 Å². The van der Waals surface area contributed by atoms with Crippen LogP contribution in [0.2, 0.25) is 0 Å². The minimum absolute atomic E-state index is 0.00470. The van der Waals surface area contributed by atoms with Gasteiger partial charge in [-0.1, -0.05) is 47.1 Å². The van der Waals surface area contributed by atoms with E-state index in [0.717, 1.165) is 34.6 Å². The molecule has 1 heterocycles. The van der Waals surface area contributed by atoms with E-state index in [0.29, 0.717) is 6.42 Å². The van der Waals surface area contributed by atoms with Gasteiger partial charge in [-0.3, -0.25) is 4.79 Å². The number of nitrogens with zero attached hydrogens (tertiary/aromatic N) is 1. The Labute approximate surface area is 164 Å². The highest BCUT2D eigenvalue weighted by Crippen LogP contribution is 2.24. The fraction of sp³-hybridized carbons (Fsp3) is 0.409. The normalized spacial score (nSPS) is 16.3. The van der Waals surface area contributed by atoms with Gasteiger partial charge in [0.2, 0.25) is 5.91 Å². The number of anilines is 1. The molecule has 1 unspecified atom stereocenters. The van der Waals surface area contributed by atoms with Crippen molar-refractivity contribution in [2.75, 3.05) is 18.0 Å². The SMILES string of the molecule is CC1CCN(c2ccc(C(C)NC(=O)Cc3cccc(Br)c3)cc2)CC1. The molecule has 1 aliphatic rings. The second-order valence-electron chi connectivity index (χ2n) is 7.36. The molecule has 0 radical (unpaired) electrons. The van der Waals surface area contributed by atoms with Crippen molar-refractivity contribution in [2.45, 2.75) is 39.2 Å². The Bertz CT molecular complexity index is 736. The van der Waals surface area contributed by atoms with Crippen LogP contribution in [0.15, 0.2) is 53.0 Å². The van der Waals surface area contributed by atoms with Crippen LogP contribution in [0, 0.1) is 5.92 Å². The Hall–Kier alpha value is -1.81. The van der Waals surface area contributed by atoms with E-state index in [1.54, 1.807) is 0 Å². The molecule has 3 rings (SSSR count). The van der Waals surface area contributed by atoms with Gasteiger partial charge in [0.15, 0.2) is 0 Å². The van der Waals surface area contributed by atoms with E-state index in [1.165, 1.54) is 18.5 Å². The molecule has 1 aliphatic heterocycles. The number of benzene rings is 2. The molecule has 1 saturated heterocycles. The van der Waals surface area contributed by atoms with Crippen molar-refractivity contribution < 1.29 is 4.79 Å². The fourth-order valence-electron chi connectivity index (χ4n) is 3.45. The van der Waals surface area contributed by atoms with Crippen LogP contribution in [-0.2, 0) is 11.2 Å². The zero-order chi connectivity index (χ0) is 18.5. The average Bonchev–Trinajstić information content (AvgIpc) is 2.62. The van der Waals surface area contributed by atoms with Crippen molar-refractivity contribution >= 4 is 27.5 Å². The standard InChI is InChI=1S/C22H27BrN2O/c1-16-10-12-25(13-11-16)21-8-6-19(7-9-21)17(2)24-22(26)15-18-4-3-5-20(23)14-18/h3-9,14,16-17H,10-13,15H2,1-2H3,(H,24,26). The summed E-state index contributed by atoms with van der Waals surface area (Å²) >= 11 is 3.45. The highest BCUT2D eigenvalue weighted by Gasteiger charge is 2.16. The largest absolute Gasteiger partial charge is 0.372 e. The quantitative estimate of drug-likeness (QED) is 0.737.